The number of rotatable bonds is 7. The standard InChI is InChI=1S/C17H25FO2/c1-5-6-7-9-14-10-8-11-15(16(14)18)17(12(2)3)20-13(4)19/h8,10-12,17H,5-7,9H2,1-4H3. The van der Waals surface area contributed by atoms with Gasteiger partial charge in [-0.15, -0.1) is 0 Å². The van der Waals surface area contributed by atoms with Gasteiger partial charge < -0.3 is 4.74 Å². The molecular formula is C17H25FO2. The molecule has 1 aromatic rings. The Morgan fingerprint density at radius 3 is 2.55 bits per heavy atom. The molecule has 2 nitrogen and oxygen atoms in total. The molecule has 0 N–H and O–H groups in total. The van der Waals surface area contributed by atoms with Crippen LogP contribution in [0.25, 0.3) is 0 Å². The molecule has 0 amide bonds. The van der Waals surface area contributed by atoms with Gasteiger partial charge in [0, 0.05) is 12.5 Å². The fourth-order valence-electron chi connectivity index (χ4n) is 2.32. The van der Waals surface area contributed by atoms with Crippen LogP contribution in [0.2, 0.25) is 0 Å². The average molecular weight is 280 g/mol. The van der Waals surface area contributed by atoms with Crippen LogP contribution in [0.4, 0.5) is 4.39 Å². The molecule has 1 rings (SSSR count). The van der Waals surface area contributed by atoms with Crippen molar-refractivity contribution in [1.82, 2.24) is 0 Å². The van der Waals surface area contributed by atoms with Crippen LogP contribution in [0.3, 0.4) is 0 Å². The van der Waals surface area contributed by atoms with Crippen LogP contribution in [0, 0.1) is 11.7 Å². The van der Waals surface area contributed by atoms with Crippen LogP contribution in [0.5, 0.6) is 0 Å². The van der Waals surface area contributed by atoms with Gasteiger partial charge in [-0.25, -0.2) is 4.39 Å². The molecule has 0 fully saturated rings. The van der Waals surface area contributed by atoms with Crippen molar-refractivity contribution in [3.05, 3.63) is 35.1 Å². The Balaban J connectivity index is 2.97. The van der Waals surface area contributed by atoms with E-state index in [2.05, 4.69) is 6.92 Å². The first-order valence-electron chi connectivity index (χ1n) is 7.41. The van der Waals surface area contributed by atoms with Gasteiger partial charge in [0.05, 0.1) is 0 Å². The molecule has 0 saturated heterocycles. The summed E-state index contributed by atoms with van der Waals surface area (Å²) in [6.07, 6.45) is 3.42. The maximum Gasteiger partial charge on any atom is 0.303 e. The predicted octanol–water partition coefficient (Wildman–Crippen LogP) is 4.82. The van der Waals surface area contributed by atoms with E-state index in [1.54, 1.807) is 6.07 Å². The van der Waals surface area contributed by atoms with E-state index in [4.69, 9.17) is 4.74 Å². The fraction of sp³-hybridized carbons (Fsp3) is 0.588. The summed E-state index contributed by atoms with van der Waals surface area (Å²) < 4.78 is 19.8. The number of esters is 1. The van der Waals surface area contributed by atoms with Gasteiger partial charge in [0.1, 0.15) is 11.9 Å². The fourth-order valence-corrected chi connectivity index (χ4v) is 2.32. The summed E-state index contributed by atoms with van der Waals surface area (Å²) in [6.45, 7) is 7.34. The zero-order chi connectivity index (χ0) is 15.1. The molecule has 3 heteroatoms. The van der Waals surface area contributed by atoms with Gasteiger partial charge in [0.25, 0.3) is 0 Å². The van der Waals surface area contributed by atoms with Gasteiger partial charge in [0.15, 0.2) is 0 Å². The number of carbonyl (C=O) groups excluding carboxylic acids is 1. The zero-order valence-electron chi connectivity index (χ0n) is 12.9. The van der Waals surface area contributed by atoms with Crippen molar-refractivity contribution in [2.24, 2.45) is 5.92 Å². The van der Waals surface area contributed by atoms with Gasteiger partial charge >= 0.3 is 5.97 Å². The average Bonchev–Trinajstić information content (AvgIpc) is 2.38. The van der Waals surface area contributed by atoms with E-state index >= 15 is 0 Å². The highest BCUT2D eigenvalue weighted by Gasteiger charge is 2.23. The Morgan fingerprint density at radius 2 is 2.00 bits per heavy atom. The highest BCUT2D eigenvalue weighted by Crippen LogP contribution is 2.30. The van der Waals surface area contributed by atoms with E-state index in [0.29, 0.717) is 11.1 Å². The molecule has 0 aromatic heterocycles. The van der Waals surface area contributed by atoms with E-state index in [1.807, 2.05) is 26.0 Å². The molecule has 0 aliphatic heterocycles. The van der Waals surface area contributed by atoms with Gasteiger partial charge in [-0.1, -0.05) is 51.8 Å². The van der Waals surface area contributed by atoms with E-state index in [0.717, 1.165) is 25.7 Å². The normalized spacial score (nSPS) is 12.5. The van der Waals surface area contributed by atoms with Crippen LogP contribution in [0.1, 0.15) is 64.2 Å². The van der Waals surface area contributed by atoms with Gasteiger partial charge in [0.2, 0.25) is 0 Å². The number of ether oxygens (including phenoxy) is 1. The number of carbonyl (C=O) groups is 1. The summed E-state index contributed by atoms with van der Waals surface area (Å²) in [5, 5.41) is 0. The van der Waals surface area contributed by atoms with Crippen molar-refractivity contribution in [2.45, 2.75) is 59.5 Å². The lowest BCUT2D eigenvalue weighted by Crippen LogP contribution is -2.16. The lowest BCUT2D eigenvalue weighted by atomic mass is 9.95. The number of benzene rings is 1. The van der Waals surface area contributed by atoms with Crippen molar-refractivity contribution in [3.63, 3.8) is 0 Å². The molecule has 0 spiro atoms. The van der Waals surface area contributed by atoms with Gasteiger partial charge in [-0.2, -0.15) is 0 Å². The Morgan fingerprint density at radius 1 is 1.30 bits per heavy atom. The summed E-state index contributed by atoms with van der Waals surface area (Å²) in [7, 11) is 0. The summed E-state index contributed by atoms with van der Waals surface area (Å²) >= 11 is 0. The van der Waals surface area contributed by atoms with Gasteiger partial charge in [-0.3, -0.25) is 4.79 Å². The maximum atomic E-state index is 14.6. The van der Waals surface area contributed by atoms with E-state index in [9.17, 15) is 9.18 Å². The van der Waals surface area contributed by atoms with Crippen molar-refractivity contribution in [3.8, 4) is 0 Å². The quantitative estimate of drug-likeness (QED) is 0.529. The van der Waals surface area contributed by atoms with E-state index in [-0.39, 0.29) is 17.7 Å². The Hall–Kier alpha value is -1.38. The minimum atomic E-state index is -0.515. The molecule has 1 aromatic carbocycles. The monoisotopic (exact) mass is 280 g/mol. The first kappa shape index (κ1) is 16.7. The molecule has 0 bridgehead atoms. The van der Waals surface area contributed by atoms with Crippen LogP contribution in [-0.4, -0.2) is 5.97 Å². The van der Waals surface area contributed by atoms with Crippen LogP contribution in [-0.2, 0) is 16.0 Å². The SMILES string of the molecule is CCCCCc1cccc(C(OC(C)=O)C(C)C)c1F. The zero-order valence-corrected chi connectivity index (χ0v) is 12.9. The number of hydrogen-bond donors (Lipinski definition) is 0. The third kappa shape index (κ3) is 4.62. The van der Waals surface area contributed by atoms with Gasteiger partial charge in [-0.05, 0) is 24.3 Å². The lowest BCUT2D eigenvalue weighted by molar-refractivity contribution is -0.149. The molecular weight excluding hydrogens is 255 g/mol. The van der Waals surface area contributed by atoms with Crippen molar-refractivity contribution in [1.29, 1.82) is 0 Å². The third-order valence-corrected chi connectivity index (χ3v) is 3.36. The molecule has 0 aliphatic carbocycles. The first-order chi connectivity index (χ1) is 9.47. The number of aryl methyl sites for hydroxylation is 1. The molecule has 0 aliphatic rings. The smallest absolute Gasteiger partial charge is 0.303 e. The lowest BCUT2D eigenvalue weighted by Gasteiger charge is -2.22. The molecule has 20 heavy (non-hydrogen) atoms. The number of hydrogen-bond acceptors (Lipinski definition) is 2. The second-order valence-electron chi connectivity index (χ2n) is 5.55. The van der Waals surface area contributed by atoms with E-state index in [1.165, 1.54) is 6.92 Å². The highest BCUT2D eigenvalue weighted by atomic mass is 19.1. The van der Waals surface area contributed by atoms with E-state index < -0.39 is 6.10 Å². The second kappa shape index (κ2) is 8.03. The predicted molar refractivity (Wildman–Crippen MR) is 79.0 cm³/mol. The van der Waals surface area contributed by atoms with Crippen LogP contribution < -0.4 is 0 Å². The van der Waals surface area contributed by atoms with Crippen LogP contribution in [0.15, 0.2) is 18.2 Å². The van der Waals surface area contributed by atoms with Crippen LogP contribution >= 0.6 is 0 Å². The largest absolute Gasteiger partial charge is 0.457 e. The summed E-state index contributed by atoms with van der Waals surface area (Å²) in [5.74, 6) is -0.553. The molecule has 0 saturated carbocycles. The minimum absolute atomic E-state index is 0.0410. The Kier molecular flexibility index (Phi) is 6.69. The van der Waals surface area contributed by atoms with Crippen molar-refractivity contribution in [2.75, 3.05) is 0 Å². The number of halogens is 1. The maximum absolute atomic E-state index is 14.6. The molecule has 1 atom stereocenters. The second-order valence-corrected chi connectivity index (χ2v) is 5.55. The highest BCUT2D eigenvalue weighted by molar-refractivity contribution is 5.66. The third-order valence-electron chi connectivity index (χ3n) is 3.36. The Labute approximate surface area is 121 Å². The summed E-state index contributed by atoms with van der Waals surface area (Å²) in [4.78, 5) is 11.2. The molecule has 0 radical (unpaired) electrons. The molecule has 112 valence electrons. The summed E-state index contributed by atoms with van der Waals surface area (Å²) in [5.41, 5.74) is 1.21. The Bertz CT molecular complexity index is 441. The first-order valence-corrected chi connectivity index (χ1v) is 7.41. The minimum Gasteiger partial charge on any atom is -0.457 e. The number of unbranched alkanes of at least 4 members (excludes halogenated alkanes) is 2. The molecule has 1 unspecified atom stereocenters. The summed E-state index contributed by atoms with van der Waals surface area (Å²) in [6, 6.07) is 5.38. The van der Waals surface area contributed by atoms with Crippen molar-refractivity contribution >= 4 is 5.97 Å². The topological polar surface area (TPSA) is 26.3 Å². The molecule has 0 heterocycles. The van der Waals surface area contributed by atoms with Crippen molar-refractivity contribution < 1.29 is 13.9 Å².